The third-order valence-corrected chi connectivity index (χ3v) is 5.31. The predicted molar refractivity (Wildman–Crippen MR) is 102 cm³/mol. The molecular formula is C21H30N2O3. The lowest BCUT2D eigenvalue weighted by molar-refractivity contribution is 0.280. The first kappa shape index (κ1) is 18.8. The van der Waals surface area contributed by atoms with Gasteiger partial charge in [-0.15, -0.1) is 0 Å². The molecule has 5 heteroatoms. The molecule has 0 aliphatic heterocycles. The topological polar surface area (TPSA) is 56.5 Å². The first-order valence-electron chi connectivity index (χ1n) is 9.51. The van der Waals surface area contributed by atoms with Gasteiger partial charge < -0.3 is 19.3 Å². The highest BCUT2D eigenvalue weighted by molar-refractivity contribution is 5.43. The molecule has 1 saturated carbocycles. The van der Waals surface area contributed by atoms with E-state index in [1.165, 1.54) is 31.2 Å². The van der Waals surface area contributed by atoms with Crippen molar-refractivity contribution in [3.05, 3.63) is 40.8 Å². The molecule has 2 unspecified atom stereocenters. The minimum Gasteiger partial charge on any atom is -0.493 e. The molecule has 1 fully saturated rings. The molecule has 1 aromatic carbocycles. The summed E-state index contributed by atoms with van der Waals surface area (Å²) in [6, 6.07) is 6.77. The summed E-state index contributed by atoms with van der Waals surface area (Å²) in [5.41, 5.74) is 3.07. The van der Waals surface area contributed by atoms with Gasteiger partial charge in [0.15, 0.2) is 11.5 Å². The van der Waals surface area contributed by atoms with Crippen LogP contribution in [0.2, 0.25) is 0 Å². The normalized spacial score (nSPS) is 20.2. The monoisotopic (exact) mass is 358 g/mol. The number of hydrogen-bond acceptors (Lipinski definition) is 5. The smallest absolute Gasteiger partial charge is 0.161 e. The molecule has 1 N–H and O–H groups in total. The molecule has 1 heterocycles. The van der Waals surface area contributed by atoms with Gasteiger partial charge in [0.25, 0.3) is 0 Å². The highest BCUT2D eigenvalue weighted by Gasteiger charge is 2.18. The Hall–Kier alpha value is -2.01. The average molecular weight is 358 g/mol. The molecule has 142 valence electrons. The van der Waals surface area contributed by atoms with E-state index in [4.69, 9.17) is 14.0 Å². The maximum Gasteiger partial charge on any atom is 0.161 e. The van der Waals surface area contributed by atoms with Crippen LogP contribution < -0.4 is 14.8 Å². The molecular weight excluding hydrogens is 328 g/mol. The van der Waals surface area contributed by atoms with E-state index < -0.39 is 0 Å². The van der Waals surface area contributed by atoms with Crippen molar-refractivity contribution in [2.24, 2.45) is 5.92 Å². The van der Waals surface area contributed by atoms with E-state index in [-0.39, 0.29) is 0 Å². The second kappa shape index (κ2) is 8.58. The summed E-state index contributed by atoms with van der Waals surface area (Å²) < 4.78 is 16.7. The number of ether oxygens (including phenoxy) is 2. The molecule has 0 spiro atoms. The van der Waals surface area contributed by atoms with E-state index in [2.05, 4.69) is 29.5 Å². The molecule has 0 saturated heterocycles. The van der Waals surface area contributed by atoms with Crippen LogP contribution >= 0.6 is 0 Å². The SMILES string of the molecule is COc1cc(CNC2CCCC(C)C2)ccc1OCc1c(C)noc1C. The molecule has 0 radical (unpaired) electrons. The van der Waals surface area contributed by atoms with Gasteiger partial charge >= 0.3 is 0 Å². The fourth-order valence-electron chi connectivity index (χ4n) is 3.68. The van der Waals surface area contributed by atoms with E-state index >= 15 is 0 Å². The van der Waals surface area contributed by atoms with Crippen molar-refractivity contribution in [3.8, 4) is 11.5 Å². The fourth-order valence-corrected chi connectivity index (χ4v) is 3.68. The Morgan fingerprint density at radius 2 is 2.08 bits per heavy atom. The Labute approximate surface area is 156 Å². The third-order valence-electron chi connectivity index (χ3n) is 5.31. The van der Waals surface area contributed by atoms with Crippen LogP contribution in [0, 0.1) is 19.8 Å². The minimum absolute atomic E-state index is 0.426. The second-order valence-electron chi connectivity index (χ2n) is 7.43. The van der Waals surface area contributed by atoms with Crippen molar-refractivity contribution in [1.29, 1.82) is 0 Å². The van der Waals surface area contributed by atoms with Gasteiger partial charge in [-0.3, -0.25) is 0 Å². The number of methoxy groups -OCH3 is 1. The van der Waals surface area contributed by atoms with Crippen LogP contribution in [-0.2, 0) is 13.2 Å². The van der Waals surface area contributed by atoms with Crippen LogP contribution in [0.1, 0.15) is 55.2 Å². The summed E-state index contributed by atoms with van der Waals surface area (Å²) in [7, 11) is 1.68. The van der Waals surface area contributed by atoms with E-state index in [9.17, 15) is 0 Å². The van der Waals surface area contributed by atoms with Crippen LogP contribution in [-0.4, -0.2) is 18.3 Å². The van der Waals surface area contributed by atoms with E-state index in [0.717, 1.165) is 41.0 Å². The van der Waals surface area contributed by atoms with Crippen LogP contribution in [0.4, 0.5) is 0 Å². The highest BCUT2D eigenvalue weighted by atomic mass is 16.5. The van der Waals surface area contributed by atoms with Gasteiger partial charge in [0.2, 0.25) is 0 Å². The predicted octanol–water partition coefficient (Wildman–Crippen LogP) is 4.55. The van der Waals surface area contributed by atoms with Crippen molar-refractivity contribution in [2.75, 3.05) is 7.11 Å². The van der Waals surface area contributed by atoms with Gasteiger partial charge in [-0.1, -0.05) is 31.0 Å². The number of aryl methyl sites for hydroxylation is 2. The number of benzene rings is 1. The van der Waals surface area contributed by atoms with Crippen LogP contribution in [0.5, 0.6) is 11.5 Å². The maximum atomic E-state index is 5.95. The standard InChI is InChI=1S/C21H30N2O3/c1-14-6-5-7-18(10-14)22-12-17-8-9-20(21(11-17)24-4)25-13-19-15(2)23-26-16(19)3/h8-9,11,14,18,22H,5-7,10,12-13H2,1-4H3. The van der Waals surface area contributed by atoms with Crippen LogP contribution in [0.25, 0.3) is 0 Å². The zero-order valence-electron chi connectivity index (χ0n) is 16.3. The molecule has 0 bridgehead atoms. The second-order valence-corrected chi connectivity index (χ2v) is 7.43. The summed E-state index contributed by atoms with van der Waals surface area (Å²) >= 11 is 0. The fraction of sp³-hybridized carbons (Fsp3) is 0.571. The first-order valence-corrected chi connectivity index (χ1v) is 9.51. The largest absolute Gasteiger partial charge is 0.493 e. The Bertz CT molecular complexity index is 707. The molecule has 2 atom stereocenters. The van der Waals surface area contributed by atoms with Crippen LogP contribution in [0.3, 0.4) is 0 Å². The number of aromatic nitrogens is 1. The van der Waals surface area contributed by atoms with Gasteiger partial charge in [-0.25, -0.2) is 0 Å². The summed E-state index contributed by atoms with van der Waals surface area (Å²) in [5, 5.41) is 7.66. The van der Waals surface area contributed by atoms with Crippen molar-refractivity contribution >= 4 is 0 Å². The molecule has 3 rings (SSSR count). The number of hydrogen-bond donors (Lipinski definition) is 1. The maximum absolute atomic E-state index is 5.95. The molecule has 5 nitrogen and oxygen atoms in total. The van der Waals surface area contributed by atoms with Gasteiger partial charge in [-0.05, 0) is 50.3 Å². The molecule has 0 amide bonds. The molecule has 2 aromatic rings. The van der Waals surface area contributed by atoms with Gasteiger partial charge in [0.05, 0.1) is 18.4 Å². The third kappa shape index (κ3) is 4.58. The Morgan fingerprint density at radius 3 is 2.77 bits per heavy atom. The van der Waals surface area contributed by atoms with Gasteiger partial charge in [0, 0.05) is 12.6 Å². The first-order chi connectivity index (χ1) is 12.6. The van der Waals surface area contributed by atoms with E-state index in [1.54, 1.807) is 7.11 Å². The number of nitrogens with one attached hydrogen (secondary N) is 1. The van der Waals surface area contributed by atoms with Crippen molar-refractivity contribution in [2.45, 2.75) is 65.6 Å². The van der Waals surface area contributed by atoms with Crippen molar-refractivity contribution in [1.82, 2.24) is 10.5 Å². The van der Waals surface area contributed by atoms with Gasteiger partial charge in [-0.2, -0.15) is 0 Å². The Balaban J connectivity index is 1.60. The summed E-state index contributed by atoms with van der Waals surface area (Å²) in [4.78, 5) is 0. The molecule has 26 heavy (non-hydrogen) atoms. The minimum atomic E-state index is 0.426. The molecule has 1 aromatic heterocycles. The lowest BCUT2D eigenvalue weighted by Gasteiger charge is -2.27. The number of rotatable bonds is 7. The number of nitrogens with zero attached hydrogens (tertiary/aromatic N) is 1. The molecule has 1 aliphatic rings. The van der Waals surface area contributed by atoms with Gasteiger partial charge in [0.1, 0.15) is 12.4 Å². The quantitative estimate of drug-likeness (QED) is 0.787. The Kier molecular flexibility index (Phi) is 6.20. The zero-order chi connectivity index (χ0) is 18.5. The van der Waals surface area contributed by atoms with E-state index in [1.807, 2.05) is 19.9 Å². The zero-order valence-corrected chi connectivity index (χ0v) is 16.3. The van der Waals surface area contributed by atoms with Crippen LogP contribution in [0.15, 0.2) is 22.7 Å². The summed E-state index contributed by atoms with van der Waals surface area (Å²) in [5.74, 6) is 3.12. The molecule has 1 aliphatic carbocycles. The van der Waals surface area contributed by atoms with Crippen molar-refractivity contribution < 1.29 is 14.0 Å². The lowest BCUT2D eigenvalue weighted by atomic mass is 9.87. The van der Waals surface area contributed by atoms with Crippen molar-refractivity contribution in [3.63, 3.8) is 0 Å². The summed E-state index contributed by atoms with van der Waals surface area (Å²) in [6.45, 7) is 7.46. The highest BCUT2D eigenvalue weighted by Crippen LogP contribution is 2.30. The average Bonchev–Trinajstić information content (AvgIpc) is 2.96. The summed E-state index contributed by atoms with van der Waals surface area (Å²) in [6.07, 6.45) is 5.25. The Morgan fingerprint density at radius 1 is 1.23 bits per heavy atom. The van der Waals surface area contributed by atoms with E-state index in [0.29, 0.717) is 12.6 Å². The lowest BCUT2D eigenvalue weighted by Crippen LogP contribution is -2.33.